The van der Waals surface area contributed by atoms with Gasteiger partial charge >= 0.3 is 5.97 Å². The quantitative estimate of drug-likeness (QED) is 0.885. The molecule has 1 aromatic carbocycles. The topological polar surface area (TPSA) is 40.5 Å². The molecule has 0 spiro atoms. The van der Waals surface area contributed by atoms with Gasteiger partial charge in [0.15, 0.2) is 0 Å². The monoisotopic (exact) mass is 343 g/mol. The van der Waals surface area contributed by atoms with E-state index in [4.69, 9.17) is 0 Å². The van der Waals surface area contributed by atoms with E-state index in [1.165, 1.54) is 26.4 Å². The van der Waals surface area contributed by atoms with Crippen LogP contribution in [0.2, 0.25) is 0 Å². The number of rotatable bonds is 4. The molecule has 0 amide bonds. The Morgan fingerprint density at radius 1 is 1.12 bits per heavy atom. The summed E-state index contributed by atoms with van der Waals surface area (Å²) < 4.78 is 0. The van der Waals surface area contributed by atoms with Crippen LogP contribution in [0.3, 0.4) is 0 Å². The summed E-state index contributed by atoms with van der Waals surface area (Å²) in [6.45, 7) is 8.11. The normalized spacial score (nSPS) is 17.8. The van der Waals surface area contributed by atoms with Gasteiger partial charge in [-0.1, -0.05) is 29.3 Å². The Morgan fingerprint density at radius 2 is 1.75 bits per heavy atom. The third-order valence-corrected chi connectivity index (χ3v) is 5.89. The number of carboxylic acids is 1. The highest BCUT2D eigenvalue weighted by Crippen LogP contribution is 2.36. The summed E-state index contributed by atoms with van der Waals surface area (Å²) >= 11 is 1.85. The van der Waals surface area contributed by atoms with Gasteiger partial charge in [0.25, 0.3) is 0 Å². The molecule has 0 radical (unpaired) electrons. The van der Waals surface area contributed by atoms with Gasteiger partial charge < -0.3 is 5.11 Å². The lowest BCUT2D eigenvalue weighted by atomic mass is 9.93. The second-order valence-corrected chi connectivity index (χ2v) is 8.24. The third kappa shape index (κ3) is 3.70. The van der Waals surface area contributed by atoms with Gasteiger partial charge in [-0.05, 0) is 64.4 Å². The summed E-state index contributed by atoms with van der Waals surface area (Å²) in [4.78, 5) is 16.4. The van der Waals surface area contributed by atoms with Crippen LogP contribution in [0, 0.1) is 26.7 Å². The Morgan fingerprint density at radius 3 is 2.25 bits per heavy atom. The van der Waals surface area contributed by atoms with Gasteiger partial charge in [0.05, 0.1) is 12.0 Å². The average molecular weight is 343 g/mol. The Labute approximate surface area is 147 Å². The van der Waals surface area contributed by atoms with Crippen molar-refractivity contribution in [1.82, 2.24) is 4.90 Å². The van der Waals surface area contributed by atoms with Crippen molar-refractivity contribution in [2.75, 3.05) is 13.1 Å². The molecule has 3 rings (SSSR count). The molecule has 2 aromatic rings. The number of hydrogen-bond acceptors (Lipinski definition) is 3. The van der Waals surface area contributed by atoms with E-state index in [0.29, 0.717) is 0 Å². The average Bonchev–Trinajstić information content (AvgIpc) is 2.93. The number of benzene rings is 1. The molecule has 2 heterocycles. The first-order chi connectivity index (χ1) is 11.4. The molecule has 4 heteroatoms. The first-order valence-electron chi connectivity index (χ1n) is 8.55. The molecule has 24 heavy (non-hydrogen) atoms. The third-order valence-electron chi connectivity index (χ3n) is 4.83. The van der Waals surface area contributed by atoms with Crippen LogP contribution < -0.4 is 0 Å². The summed E-state index contributed by atoms with van der Waals surface area (Å²) in [5.74, 6) is -0.837. The van der Waals surface area contributed by atoms with Crippen LogP contribution in [-0.2, 0) is 4.79 Å². The van der Waals surface area contributed by atoms with Crippen molar-refractivity contribution in [3.63, 3.8) is 0 Å². The number of aliphatic carboxylic acids is 1. The number of aryl methyl sites for hydroxylation is 3. The van der Waals surface area contributed by atoms with Gasteiger partial charge in [-0.15, -0.1) is 11.3 Å². The van der Waals surface area contributed by atoms with Crippen molar-refractivity contribution in [1.29, 1.82) is 0 Å². The molecule has 3 nitrogen and oxygen atoms in total. The molecular formula is C20H25NO2S. The van der Waals surface area contributed by atoms with Crippen LogP contribution in [0.15, 0.2) is 30.3 Å². The highest BCUT2D eigenvalue weighted by atomic mass is 32.1. The fraction of sp³-hybridized carbons (Fsp3) is 0.450. The summed E-state index contributed by atoms with van der Waals surface area (Å²) in [5.41, 5.74) is 3.88. The van der Waals surface area contributed by atoms with E-state index in [1.54, 1.807) is 0 Å². The Bertz CT molecular complexity index is 709. The Hall–Kier alpha value is -1.65. The molecule has 1 aliphatic heterocycles. The standard InChI is InChI=1S/C20H25NO2S/c1-13-10-14(2)12-17(11-13)19(18-5-4-15(3)24-18)21-8-6-16(7-9-21)20(22)23/h4-5,10-12,16,19H,6-9H2,1-3H3,(H,22,23). The molecule has 0 aliphatic carbocycles. The minimum atomic E-state index is -0.649. The zero-order valence-electron chi connectivity index (χ0n) is 14.6. The first-order valence-corrected chi connectivity index (χ1v) is 9.37. The SMILES string of the molecule is Cc1cc(C)cc(C(c2ccc(C)s2)N2CCC(C(=O)O)CC2)c1. The van der Waals surface area contributed by atoms with E-state index >= 15 is 0 Å². The lowest BCUT2D eigenvalue weighted by molar-refractivity contribution is -0.143. The van der Waals surface area contributed by atoms with Crippen LogP contribution in [0.25, 0.3) is 0 Å². The van der Waals surface area contributed by atoms with Crippen LogP contribution in [0.5, 0.6) is 0 Å². The van der Waals surface area contributed by atoms with Crippen molar-refractivity contribution in [3.05, 3.63) is 56.8 Å². The molecular weight excluding hydrogens is 318 g/mol. The summed E-state index contributed by atoms with van der Waals surface area (Å²) in [5, 5.41) is 9.26. The minimum Gasteiger partial charge on any atom is -0.481 e. The summed E-state index contributed by atoms with van der Waals surface area (Å²) in [6.07, 6.45) is 1.47. The van der Waals surface area contributed by atoms with Gasteiger partial charge in [-0.2, -0.15) is 0 Å². The van der Waals surface area contributed by atoms with E-state index in [-0.39, 0.29) is 12.0 Å². The maximum atomic E-state index is 11.2. The van der Waals surface area contributed by atoms with Crippen molar-refractivity contribution in [3.8, 4) is 0 Å². The van der Waals surface area contributed by atoms with E-state index in [0.717, 1.165) is 25.9 Å². The first kappa shape index (κ1) is 17.2. The van der Waals surface area contributed by atoms with Gasteiger partial charge in [-0.3, -0.25) is 9.69 Å². The minimum absolute atomic E-state index is 0.189. The van der Waals surface area contributed by atoms with Crippen molar-refractivity contribution < 1.29 is 9.90 Å². The van der Waals surface area contributed by atoms with Crippen molar-refractivity contribution in [2.45, 2.75) is 39.7 Å². The van der Waals surface area contributed by atoms with Crippen molar-refractivity contribution in [2.24, 2.45) is 5.92 Å². The van der Waals surface area contributed by atoms with Gasteiger partial charge in [0.2, 0.25) is 0 Å². The molecule has 1 atom stereocenters. The lowest BCUT2D eigenvalue weighted by Crippen LogP contribution is -2.39. The zero-order valence-corrected chi connectivity index (χ0v) is 15.4. The Balaban J connectivity index is 1.93. The molecule has 0 bridgehead atoms. The van der Waals surface area contributed by atoms with E-state index in [2.05, 4.69) is 56.0 Å². The van der Waals surface area contributed by atoms with E-state index in [9.17, 15) is 9.90 Å². The number of piperidine rings is 1. The van der Waals surface area contributed by atoms with Gasteiger partial charge in [-0.25, -0.2) is 0 Å². The van der Waals surface area contributed by atoms with E-state index < -0.39 is 5.97 Å². The largest absolute Gasteiger partial charge is 0.481 e. The highest BCUT2D eigenvalue weighted by molar-refractivity contribution is 7.12. The fourth-order valence-electron chi connectivity index (χ4n) is 3.73. The molecule has 1 unspecified atom stereocenters. The molecule has 0 saturated carbocycles. The maximum absolute atomic E-state index is 11.2. The van der Waals surface area contributed by atoms with Crippen molar-refractivity contribution >= 4 is 17.3 Å². The smallest absolute Gasteiger partial charge is 0.306 e. The number of carbonyl (C=O) groups is 1. The fourth-order valence-corrected chi connectivity index (χ4v) is 4.77. The Kier molecular flexibility index (Phi) is 5.07. The van der Waals surface area contributed by atoms with Crippen LogP contribution >= 0.6 is 11.3 Å². The van der Waals surface area contributed by atoms with Crippen LogP contribution in [0.1, 0.15) is 45.3 Å². The van der Waals surface area contributed by atoms with E-state index in [1.807, 2.05) is 11.3 Å². The second-order valence-electron chi connectivity index (χ2n) is 6.92. The number of carboxylic acid groups (broad SMARTS) is 1. The van der Waals surface area contributed by atoms with Crippen LogP contribution in [-0.4, -0.2) is 29.1 Å². The second kappa shape index (κ2) is 7.08. The molecule has 1 aliphatic rings. The molecule has 128 valence electrons. The molecule has 1 fully saturated rings. The maximum Gasteiger partial charge on any atom is 0.306 e. The zero-order chi connectivity index (χ0) is 17.3. The van der Waals surface area contributed by atoms with Gasteiger partial charge in [0, 0.05) is 9.75 Å². The highest BCUT2D eigenvalue weighted by Gasteiger charge is 2.30. The summed E-state index contributed by atoms with van der Waals surface area (Å²) in [7, 11) is 0. The summed E-state index contributed by atoms with van der Waals surface area (Å²) in [6, 6.07) is 11.4. The number of hydrogen-bond donors (Lipinski definition) is 1. The lowest BCUT2D eigenvalue weighted by Gasteiger charge is -2.36. The molecule has 1 aromatic heterocycles. The number of nitrogens with zero attached hydrogens (tertiary/aromatic N) is 1. The molecule has 1 N–H and O–H groups in total. The van der Waals surface area contributed by atoms with Crippen LogP contribution in [0.4, 0.5) is 0 Å². The number of likely N-dealkylation sites (tertiary alicyclic amines) is 1. The van der Waals surface area contributed by atoms with Gasteiger partial charge in [0.1, 0.15) is 0 Å². The molecule has 1 saturated heterocycles. The predicted molar refractivity (Wildman–Crippen MR) is 98.7 cm³/mol. The number of thiophene rings is 1. The predicted octanol–water partition coefficient (Wildman–Crippen LogP) is 4.56.